The second-order valence-corrected chi connectivity index (χ2v) is 7.32. The monoisotopic (exact) mass is 351 g/mol. The maximum atomic E-state index is 4.71. The highest BCUT2D eigenvalue weighted by Crippen LogP contribution is 2.22. The summed E-state index contributed by atoms with van der Waals surface area (Å²) < 4.78 is 4.23. The molecule has 1 aromatic carbocycles. The van der Waals surface area contributed by atoms with Gasteiger partial charge in [0.05, 0.1) is 11.9 Å². The van der Waals surface area contributed by atoms with E-state index in [1.807, 2.05) is 17.0 Å². The van der Waals surface area contributed by atoms with Crippen molar-refractivity contribution < 1.29 is 0 Å². The van der Waals surface area contributed by atoms with E-state index in [0.29, 0.717) is 12.1 Å². The molecule has 5 nitrogen and oxygen atoms in total. The van der Waals surface area contributed by atoms with E-state index in [0.717, 1.165) is 18.9 Å². The van der Waals surface area contributed by atoms with Crippen LogP contribution in [0.1, 0.15) is 39.0 Å². The van der Waals surface area contributed by atoms with E-state index in [9.17, 15) is 0 Å². The molecule has 0 bridgehead atoms. The van der Waals surface area contributed by atoms with E-state index in [-0.39, 0.29) is 0 Å². The summed E-state index contributed by atoms with van der Waals surface area (Å²) in [4.78, 5) is 11.4. The van der Waals surface area contributed by atoms with Crippen LogP contribution in [0.5, 0.6) is 0 Å². The molecule has 26 heavy (non-hydrogen) atoms. The molecule has 0 aliphatic heterocycles. The predicted molar refractivity (Wildman–Crippen MR) is 106 cm³/mol. The number of aryl methyl sites for hydroxylation is 1. The zero-order valence-corrected chi connectivity index (χ0v) is 16.4. The molecule has 0 aliphatic rings. The lowest BCUT2D eigenvalue weighted by molar-refractivity contribution is 0.176. The molecule has 2 heterocycles. The highest BCUT2D eigenvalue weighted by Gasteiger charge is 2.18. The van der Waals surface area contributed by atoms with E-state index in [4.69, 9.17) is 4.98 Å². The summed E-state index contributed by atoms with van der Waals surface area (Å²) in [6.45, 7) is 12.2. The largest absolute Gasteiger partial charge is 0.298 e. The van der Waals surface area contributed by atoms with Crippen LogP contribution in [-0.2, 0) is 6.42 Å². The summed E-state index contributed by atoms with van der Waals surface area (Å²) in [5, 5.41) is 0. The third-order valence-electron chi connectivity index (χ3n) is 4.86. The molecule has 0 fully saturated rings. The van der Waals surface area contributed by atoms with Crippen molar-refractivity contribution in [1.29, 1.82) is 0 Å². The van der Waals surface area contributed by atoms with Gasteiger partial charge in [0, 0.05) is 43.1 Å². The van der Waals surface area contributed by atoms with Crippen molar-refractivity contribution in [3.63, 3.8) is 0 Å². The second kappa shape index (κ2) is 7.87. The highest BCUT2D eigenvalue weighted by molar-refractivity contribution is 5.45. The average molecular weight is 351 g/mol. The Bertz CT molecular complexity index is 822. The summed E-state index contributed by atoms with van der Waals surface area (Å²) >= 11 is 0. The van der Waals surface area contributed by atoms with Crippen LogP contribution in [0.3, 0.4) is 0 Å². The van der Waals surface area contributed by atoms with Crippen LogP contribution in [0.15, 0.2) is 49.2 Å². The van der Waals surface area contributed by atoms with Crippen molar-refractivity contribution in [2.24, 2.45) is 0 Å². The number of hydrogen-bond donors (Lipinski definition) is 0. The summed E-state index contributed by atoms with van der Waals surface area (Å²) in [7, 11) is 0. The third-order valence-corrected chi connectivity index (χ3v) is 4.86. The number of imidazole rings is 2. The van der Waals surface area contributed by atoms with Crippen LogP contribution in [-0.4, -0.2) is 42.6 Å². The number of benzene rings is 1. The van der Waals surface area contributed by atoms with E-state index in [1.54, 1.807) is 12.5 Å². The molecular formula is C21H29N5. The normalized spacial score (nSPS) is 11.8. The molecule has 2 aromatic heterocycles. The van der Waals surface area contributed by atoms with Gasteiger partial charge in [-0.05, 0) is 46.2 Å². The van der Waals surface area contributed by atoms with E-state index in [2.05, 4.69) is 73.3 Å². The Morgan fingerprint density at radius 1 is 1.08 bits per heavy atom. The standard InChI is InChI=1S/C21H29N5/c1-16(2)25(17(3)4)12-10-19-14-23-21(24-13-11-22-15-24)26(19)20-9-7-6-8-18(20)5/h6-9,11,13-17H,10,12H2,1-5H3. The van der Waals surface area contributed by atoms with Gasteiger partial charge in [0.25, 0.3) is 0 Å². The first-order chi connectivity index (χ1) is 12.5. The van der Waals surface area contributed by atoms with Crippen molar-refractivity contribution >= 4 is 0 Å². The molecule has 5 heteroatoms. The Balaban J connectivity index is 2.00. The molecule has 0 amide bonds. The van der Waals surface area contributed by atoms with Gasteiger partial charge in [-0.15, -0.1) is 0 Å². The van der Waals surface area contributed by atoms with Crippen molar-refractivity contribution in [1.82, 2.24) is 24.0 Å². The Morgan fingerprint density at radius 2 is 1.81 bits per heavy atom. The molecule has 3 rings (SSSR count). The fraction of sp³-hybridized carbons (Fsp3) is 0.429. The molecule has 3 aromatic rings. The summed E-state index contributed by atoms with van der Waals surface area (Å²) in [6, 6.07) is 9.51. The smallest absolute Gasteiger partial charge is 0.219 e. The molecule has 0 spiro atoms. The first-order valence-corrected chi connectivity index (χ1v) is 9.35. The van der Waals surface area contributed by atoms with Crippen LogP contribution in [0.2, 0.25) is 0 Å². The number of nitrogens with zero attached hydrogens (tertiary/aromatic N) is 5. The van der Waals surface area contributed by atoms with Crippen molar-refractivity contribution in [3.8, 4) is 11.6 Å². The van der Waals surface area contributed by atoms with Gasteiger partial charge in [0.15, 0.2) is 0 Å². The van der Waals surface area contributed by atoms with Gasteiger partial charge >= 0.3 is 0 Å². The SMILES string of the molecule is Cc1ccccc1-n1c(CCN(C(C)C)C(C)C)cnc1-n1ccnc1. The predicted octanol–water partition coefficient (Wildman–Crippen LogP) is 4.03. The Kier molecular flexibility index (Phi) is 5.57. The summed E-state index contributed by atoms with van der Waals surface area (Å²) in [6.07, 6.45) is 8.48. The van der Waals surface area contributed by atoms with Crippen LogP contribution in [0, 0.1) is 6.92 Å². The molecule has 0 N–H and O–H groups in total. The fourth-order valence-corrected chi connectivity index (χ4v) is 3.55. The molecular weight excluding hydrogens is 322 g/mol. The minimum atomic E-state index is 0.526. The van der Waals surface area contributed by atoms with E-state index < -0.39 is 0 Å². The van der Waals surface area contributed by atoms with Gasteiger partial charge in [-0.1, -0.05) is 18.2 Å². The van der Waals surface area contributed by atoms with E-state index >= 15 is 0 Å². The molecule has 0 aliphatic carbocycles. The van der Waals surface area contributed by atoms with Crippen molar-refractivity contribution in [2.45, 2.75) is 53.1 Å². The second-order valence-electron chi connectivity index (χ2n) is 7.32. The quantitative estimate of drug-likeness (QED) is 0.645. The maximum Gasteiger partial charge on any atom is 0.219 e. The zero-order valence-electron chi connectivity index (χ0n) is 16.4. The first kappa shape index (κ1) is 18.4. The lowest BCUT2D eigenvalue weighted by Crippen LogP contribution is -2.38. The minimum Gasteiger partial charge on any atom is -0.298 e. The maximum absolute atomic E-state index is 4.71. The molecule has 0 saturated carbocycles. The van der Waals surface area contributed by atoms with Crippen LogP contribution in [0.4, 0.5) is 0 Å². The summed E-state index contributed by atoms with van der Waals surface area (Å²) in [5.74, 6) is 0.882. The van der Waals surface area contributed by atoms with Crippen LogP contribution in [0.25, 0.3) is 11.6 Å². The number of para-hydroxylation sites is 1. The first-order valence-electron chi connectivity index (χ1n) is 9.35. The molecule has 0 radical (unpaired) electrons. The lowest BCUT2D eigenvalue weighted by Gasteiger charge is -2.30. The van der Waals surface area contributed by atoms with Gasteiger partial charge in [-0.25, -0.2) is 9.97 Å². The number of rotatable bonds is 7. The Morgan fingerprint density at radius 3 is 2.42 bits per heavy atom. The molecule has 0 saturated heterocycles. The molecule has 0 atom stereocenters. The van der Waals surface area contributed by atoms with Crippen molar-refractivity contribution in [3.05, 3.63) is 60.4 Å². The van der Waals surface area contributed by atoms with Gasteiger partial charge in [-0.3, -0.25) is 14.0 Å². The average Bonchev–Trinajstić information content (AvgIpc) is 3.24. The van der Waals surface area contributed by atoms with E-state index in [1.165, 1.54) is 16.9 Å². The topological polar surface area (TPSA) is 38.9 Å². The third kappa shape index (κ3) is 3.73. The lowest BCUT2D eigenvalue weighted by atomic mass is 10.1. The zero-order chi connectivity index (χ0) is 18.7. The molecule has 0 unspecified atom stereocenters. The Hall–Kier alpha value is -2.40. The summed E-state index contributed by atoms with van der Waals surface area (Å²) in [5.41, 5.74) is 3.62. The Labute approximate surface area is 156 Å². The van der Waals surface area contributed by atoms with Gasteiger partial charge in [0.1, 0.15) is 6.33 Å². The minimum absolute atomic E-state index is 0.526. The highest BCUT2D eigenvalue weighted by atomic mass is 15.3. The van der Waals surface area contributed by atoms with Crippen LogP contribution < -0.4 is 0 Å². The van der Waals surface area contributed by atoms with Crippen LogP contribution >= 0.6 is 0 Å². The number of aromatic nitrogens is 4. The van der Waals surface area contributed by atoms with Gasteiger partial charge < -0.3 is 0 Å². The van der Waals surface area contributed by atoms with Crippen molar-refractivity contribution in [2.75, 3.05) is 6.54 Å². The number of hydrogen-bond acceptors (Lipinski definition) is 3. The van der Waals surface area contributed by atoms with Gasteiger partial charge in [0.2, 0.25) is 5.95 Å². The fourth-order valence-electron chi connectivity index (χ4n) is 3.55. The van der Waals surface area contributed by atoms with Gasteiger partial charge in [-0.2, -0.15) is 0 Å². The molecule has 138 valence electrons.